The average Bonchev–Trinajstić information content (AvgIpc) is 3.23. The van der Waals surface area contributed by atoms with Crippen molar-refractivity contribution in [3.05, 3.63) is 61.8 Å². The first-order valence-electron chi connectivity index (χ1n) is 9.04. The second-order valence-electron chi connectivity index (χ2n) is 6.63. The molecule has 1 aromatic heterocycles. The van der Waals surface area contributed by atoms with Gasteiger partial charge < -0.3 is 10.2 Å². The molecule has 0 radical (unpaired) electrons. The van der Waals surface area contributed by atoms with Gasteiger partial charge in [-0.2, -0.15) is 0 Å². The van der Waals surface area contributed by atoms with Crippen molar-refractivity contribution in [2.45, 2.75) is 6.92 Å². The molecular weight excluding hydrogens is 380 g/mol. The minimum atomic E-state index is -0.483. The van der Waals surface area contributed by atoms with E-state index in [9.17, 15) is 19.7 Å². The van der Waals surface area contributed by atoms with Crippen LogP contribution >= 0.6 is 11.3 Å². The Hall–Kier alpha value is -2.78. The zero-order valence-electron chi connectivity index (χ0n) is 15.6. The van der Waals surface area contributed by atoms with Gasteiger partial charge >= 0.3 is 0 Å². The number of thiophene rings is 1. The zero-order valence-corrected chi connectivity index (χ0v) is 16.4. The quantitative estimate of drug-likeness (QED) is 0.590. The van der Waals surface area contributed by atoms with Crippen molar-refractivity contribution in [1.82, 2.24) is 15.1 Å². The van der Waals surface area contributed by atoms with Gasteiger partial charge in [0.1, 0.15) is 0 Å². The van der Waals surface area contributed by atoms with Crippen LogP contribution in [0.3, 0.4) is 0 Å². The number of carbonyl (C=O) groups excluding carboxylic acids is 2. The lowest BCUT2D eigenvalue weighted by Crippen LogP contribution is -2.50. The summed E-state index contributed by atoms with van der Waals surface area (Å²) in [6.07, 6.45) is 0. The molecule has 0 spiro atoms. The van der Waals surface area contributed by atoms with Gasteiger partial charge in [0.2, 0.25) is 0 Å². The number of nitro groups is 1. The predicted octanol–water partition coefficient (Wildman–Crippen LogP) is 2.15. The third-order valence-electron chi connectivity index (χ3n) is 4.77. The largest absolute Gasteiger partial charge is 0.351 e. The number of nitrogens with one attached hydrogen (secondary N) is 1. The van der Waals surface area contributed by atoms with Crippen LogP contribution in [0.5, 0.6) is 0 Å². The minimum Gasteiger partial charge on any atom is -0.351 e. The Kier molecular flexibility index (Phi) is 6.37. The number of nitro benzene ring substituents is 1. The predicted molar refractivity (Wildman–Crippen MR) is 107 cm³/mol. The standard InChI is InChI=1S/C19H22N4O4S/c1-14-4-5-15(13-16(14)23(26)27)18(24)20-6-7-21-8-10-22(11-9-21)19(25)17-3-2-12-28-17/h2-5,12-13H,6-11H2,1H3,(H,20,24). The molecule has 0 unspecified atom stereocenters. The Morgan fingerprint density at radius 1 is 1.21 bits per heavy atom. The lowest BCUT2D eigenvalue weighted by molar-refractivity contribution is -0.385. The molecule has 2 amide bonds. The Balaban J connectivity index is 1.44. The number of rotatable bonds is 6. The monoisotopic (exact) mass is 402 g/mol. The molecule has 1 saturated heterocycles. The summed E-state index contributed by atoms with van der Waals surface area (Å²) < 4.78 is 0. The first-order valence-corrected chi connectivity index (χ1v) is 9.92. The van der Waals surface area contributed by atoms with E-state index in [4.69, 9.17) is 0 Å². The van der Waals surface area contributed by atoms with Gasteiger partial charge in [-0.15, -0.1) is 11.3 Å². The van der Waals surface area contributed by atoms with Crippen molar-refractivity contribution >= 4 is 28.8 Å². The Bertz CT molecular complexity index is 861. The van der Waals surface area contributed by atoms with Gasteiger partial charge in [-0.1, -0.05) is 12.1 Å². The van der Waals surface area contributed by atoms with Crippen LogP contribution in [0.2, 0.25) is 0 Å². The van der Waals surface area contributed by atoms with Gasteiger partial charge in [0.05, 0.1) is 9.80 Å². The molecule has 9 heteroatoms. The number of piperazine rings is 1. The lowest BCUT2D eigenvalue weighted by atomic mass is 10.1. The van der Waals surface area contributed by atoms with Crippen molar-refractivity contribution < 1.29 is 14.5 Å². The van der Waals surface area contributed by atoms with Crippen LogP contribution in [0.1, 0.15) is 25.6 Å². The van der Waals surface area contributed by atoms with E-state index in [2.05, 4.69) is 10.2 Å². The van der Waals surface area contributed by atoms with Crippen LogP contribution in [0.15, 0.2) is 35.7 Å². The third-order valence-corrected chi connectivity index (χ3v) is 5.63. The van der Waals surface area contributed by atoms with Gasteiger partial charge in [0, 0.05) is 56.5 Å². The summed E-state index contributed by atoms with van der Waals surface area (Å²) in [6.45, 7) is 5.58. The van der Waals surface area contributed by atoms with E-state index in [1.54, 1.807) is 19.1 Å². The Morgan fingerprint density at radius 3 is 2.61 bits per heavy atom. The average molecular weight is 402 g/mol. The maximum atomic E-state index is 12.3. The van der Waals surface area contributed by atoms with E-state index in [0.29, 0.717) is 31.7 Å². The molecule has 1 aromatic carbocycles. The fourth-order valence-electron chi connectivity index (χ4n) is 3.11. The molecule has 8 nitrogen and oxygen atoms in total. The van der Waals surface area contributed by atoms with Crippen molar-refractivity contribution in [2.24, 2.45) is 0 Å². The molecule has 0 atom stereocenters. The maximum absolute atomic E-state index is 12.3. The normalized spacial score (nSPS) is 14.7. The second-order valence-corrected chi connectivity index (χ2v) is 7.57. The Morgan fingerprint density at radius 2 is 1.96 bits per heavy atom. The highest BCUT2D eigenvalue weighted by molar-refractivity contribution is 7.12. The SMILES string of the molecule is Cc1ccc(C(=O)NCCN2CCN(C(=O)c3cccs3)CC2)cc1[N+](=O)[O-]. The fourth-order valence-corrected chi connectivity index (χ4v) is 3.80. The van der Waals surface area contributed by atoms with Gasteiger partial charge in [-0.25, -0.2) is 0 Å². The summed E-state index contributed by atoms with van der Waals surface area (Å²) >= 11 is 1.45. The molecule has 1 aliphatic rings. The topological polar surface area (TPSA) is 95.8 Å². The summed E-state index contributed by atoms with van der Waals surface area (Å²) in [5.74, 6) is -0.251. The molecule has 1 aliphatic heterocycles. The van der Waals surface area contributed by atoms with Gasteiger partial charge in [-0.3, -0.25) is 24.6 Å². The van der Waals surface area contributed by atoms with Crippen LogP contribution in [0.25, 0.3) is 0 Å². The van der Waals surface area contributed by atoms with E-state index in [1.807, 2.05) is 22.4 Å². The van der Waals surface area contributed by atoms with E-state index >= 15 is 0 Å². The lowest BCUT2D eigenvalue weighted by Gasteiger charge is -2.34. The van der Waals surface area contributed by atoms with Crippen molar-refractivity contribution in [3.63, 3.8) is 0 Å². The van der Waals surface area contributed by atoms with Crippen molar-refractivity contribution in [2.75, 3.05) is 39.3 Å². The number of amides is 2. The van der Waals surface area contributed by atoms with E-state index in [-0.39, 0.29) is 23.1 Å². The van der Waals surface area contributed by atoms with Crippen LogP contribution in [-0.4, -0.2) is 65.8 Å². The van der Waals surface area contributed by atoms with Gasteiger partial charge in [0.15, 0.2) is 0 Å². The van der Waals surface area contributed by atoms with Crippen molar-refractivity contribution in [3.8, 4) is 0 Å². The van der Waals surface area contributed by atoms with Crippen LogP contribution in [0.4, 0.5) is 5.69 Å². The number of aryl methyl sites for hydroxylation is 1. The fraction of sp³-hybridized carbons (Fsp3) is 0.368. The van der Waals surface area contributed by atoms with Gasteiger partial charge in [-0.05, 0) is 24.4 Å². The highest BCUT2D eigenvalue weighted by Gasteiger charge is 2.22. The number of carbonyl (C=O) groups is 2. The number of benzene rings is 1. The first kappa shape index (κ1) is 20.0. The van der Waals surface area contributed by atoms with E-state index in [0.717, 1.165) is 18.0 Å². The molecule has 1 N–H and O–H groups in total. The zero-order chi connectivity index (χ0) is 20.1. The summed E-state index contributed by atoms with van der Waals surface area (Å²) in [5, 5.41) is 15.7. The summed E-state index contributed by atoms with van der Waals surface area (Å²) in [6, 6.07) is 8.19. The van der Waals surface area contributed by atoms with Crippen molar-refractivity contribution in [1.29, 1.82) is 0 Å². The van der Waals surface area contributed by atoms with E-state index in [1.165, 1.54) is 17.4 Å². The smallest absolute Gasteiger partial charge is 0.273 e. The summed E-state index contributed by atoms with van der Waals surface area (Å²) in [5.41, 5.74) is 0.749. The number of hydrogen-bond acceptors (Lipinski definition) is 6. The van der Waals surface area contributed by atoms with E-state index < -0.39 is 4.92 Å². The Labute approximate surface area is 166 Å². The summed E-state index contributed by atoms with van der Waals surface area (Å²) in [4.78, 5) is 39.9. The molecule has 1 fully saturated rings. The molecule has 0 aliphatic carbocycles. The molecule has 3 rings (SSSR count). The van der Waals surface area contributed by atoms with Gasteiger partial charge in [0.25, 0.3) is 17.5 Å². The molecule has 2 heterocycles. The summed E-state index contributed by atoms with van der Waals surface area (Å²) in [7, 11) is 0. The molecule has 0 bridgehead atoms. The van der Waals surface area contributed by atoms with Crippen LogP contribution < -0.4 is 5.32 Å². The molecule has 2 aromatic rings. The number of nitrogens with zero attached hydrogens (tertiary/aromatic N) is 3. The third kappa shape index (κ3) is 4.73. The minimum absolute atomic E-state index is 0.0563. The molecule has 148 valence electrons. The van der Waals surface area contributed by atoms with Crippen LogP contribution in [-0.2, 0) is 0 Å². The number of hydrogen-bond donors (Lipinski definition) is 1. The molecular formula is C19H22N4O4S. The maximum Gasteiger partial charge on any atom is 0.273 e. The highest BCUT2D eigenvalue weighted by Crippen LogP contribution is 2.19. The highest BCUT2D eigenvalue weighted by atomic mass is 32.1. The molecule has 28 heavy (non-hydrogen) atoms. The molecule has 0 saturated carbocycles. The first-order chi connectivity index (χ1) is 13.5. The second kappa shape index (κ2) is 8.94. The van der Waals surface area contributed by atoms with Crippen LogP contribution in [0, 0.1) is 17.0 Å².